The number of alkyl halides is 3. The van der Waals surface area contributed by atoms with Crippen molar-refractivity contribution in [2.45, 2.75) is 26.1 Å². The maximum Gasteiger partial charge on any atom is 0.416 e. The van der Waals surface area contributed by atoms with Gasteiger partial charge in [0.05, 0.1) is 29.2 Å². The lowest BCUT2D eigenvalue weighted by atomic mass is 10.0. The zero-order chi connectivity index (χ0) is 29.6. The highest BCUT2D eigenvalue weighted by molar-refractivity contribution is 5.93. The van der Waals surface area contributed by atoms with Crippen molar-refractivity contribution in [2.75, 3.05) is 31.4 Å². The molecule has 14 heteroatoms. The highest BCUT2D eigenvalue weighted by Gasteiger charge is 2.33. The molecule has 5 aromatic rings. The molecule has 0 aliphatic rings. The lowest BCUT2D eigenvalue weighted by Gasteiger charge is -2.18. The molecule has 212 valence electrons. The Balaban J connectivity index is 1.58. The molecule has 0 unspecified atom stereocenters. The molecule has 0 amide bonds. The minimum atomic E-state index is -4.74. The molecule has 0 aliphatic heterocycles. The van der Waals surface area contributed by atoms with E-state index in [4.69, 9.17) is 4.74 Å². The number of nitrogens with one attached hydrogen (secondary N) is 1. The van der Waals surface area contributed by atoms with Crippen molar-refractivity contribution in [1.82, 2.24) is 24.6 Å². The van der Waals surface area contributed by atoms with Crippen LogP contribution in [0, 0.1) is 17.0 Å². The van der Waals surface area contributed by atoms with Gasteiger partial charge in [-0.05, 0) is 49.2 Å². The molecule has 0 saturated heterocycles. The number of halogens is 3. The fraction of sp³-hybridized carbons (Fsp3) is 0.259. The van der Waals surface area contributed by atoms with Gasteiger partial charge >= 0.3 is 6.18 Å². The Morgan fingerprint density at radius 2 is 1.83 bits per heavy atom. The van der Waals surface area contributed by atoms with Gasteiger partial charge in [-0.25, -0.2) is 14.5 Å². The number of nitrogens with zero attached hydrogens (tertiary/aromatic N) is 7. The summed E-state index contributed by atoms with van der Waals surface area (Å²) < 4.78 is 47.6. The molecule has 0 bridgehead atoms. The molecular formula is C27H25F3N8O3. The summed E-state index contributed by atoms with van der Waals surface area (Å²) in [7, 11) is 5.21. The number of non-ortho nitro benzene ring substituents is 1. The number of aromatic nitrogens is 5. The number of pyridine rings is 1. The molecule has 0 spiro atoms. The lowest BCUT2D eigenvalue weighted by Crippen LogP contribution is -2.12. The zero-order valence-electron chi connectivity index (χ0n) is 22.7. The van der Waals surface area contributed by atoms with E-state index in [1.54, 1.807) is 30.4 Å². The van der Waals surface area contributed by atoms with E-state index in [1.807, 2.05) is 44.6 Å². The Bertz CT molecular complexity index is 1800. The minimum absolute atomic E-state index is 0.0881. The van der Waals surface area contributed by atoms with E-state index in [-0.39, 0.29) is 5.56 Å². The first-order valence-electron chi connectivity index (χ1n) is 12.4. The lowest BCUT2D eigenvalue weighted by molar-refractivity contribution is -0.385. The van der Waals surface area contributed by atoms with Crippen molar-refractivity contribution >= 4 is 34.0 Å². The number of benzene rings is 2. The Kier molecular flexibility index (Phi) is 6.85. The number of rotatable bonds is 7. The summed E-state index contributed by atoms with van der Waals surface area (Å²) in [6.45, 7) is 3.31. The van der Waals surface area contributed by atoms with Crippen molar-refractivity contribution in [2.24, 2.45) is 0 Å². The summed E-state index contributed by atoms with van der Waals surface area (Å²) in [5, 5.41) is 19.6. The van der Waals surface area contributed by atoms with Crippen molar-refractivity contribution < 1.29 is 22.8 Å². The van der Waals surface area contributed by atoms with Crippen LogP contribution in [-0.4, -0.2) is 50.7 Å². The van der Waals surface area contributed by atoms with E-state index in [0.717, 1.165) is 23.3 Å². The van der Waals surface area contributed by atoms with Gasteiger partial charge < -0.3 is 15.0 Å². The predicted octanol–water partition coefficient (Wildman–Crippen LogP) is 5.82. The van der Waals surface area contributed by atoms with E-state index in [0.29, 0.717) is 46.0 Å². The smallest absolute Gasteiger partial charge is 0.416 e. The minimum Gasteiger partial charge on any atom is -0.493 e. The summed E-state index contributed by atoms with van der Waals surface area (Å²) in [6.07, 6.45) is -2.93. The predicted molar refractivity (Wildman–Crippen MR) is 147 cm³/mol. The van der Waals surface area contributed by atoms with Crippen LogP contribution in [0.1, 0.15) is 29.9 Å². The molecular weight excluding hydrogens is 541 g/mol. The molecule has 11 nitrogen and oxygen atoms in total. The van der Waals surface area contributed by atoms with Crippen LogP contribution in [0.5, 0.6) is 5.75 Å². The number of aryl methyl sites for hydroxylation is 1. The van der Waals surface area contributed by atoms with Crippen LogP contribution in [0.4, 0.5) is 30.6 Å². The van der Waals surface area contributed by atoms with E-state index in [1.165, 1.54) is 0 Å². The van der Waals surface area contributed by atoms with Gasteiger partial charge in [-0.1, -0.05) is 6.07 Å². The second-order valence-electron chi connectivity index (χ2n) is 9.66. The van der Waals surface area contributed by atoms with Gasteiger partial charge in [0, 0.05) is 43.4 Å². The molecule has 1 N–H and O–H groups in total. The monoisotopic (exact) mass is 566 g/mol. The van der Waals surface area contributed by atoms with E-state index < -0.39 is 28.4 Å². The summed E-state index contributed by atoms with van der Waals surface area (Å²) in [4.78, 5) is 25.8. The molecule has 3 heterocycles. The van der Waals surface area contributed by atoms with Crippen LogP contribution >= 0.6 is 0 Å². The summed E-state index contributed by atoms with van der Waals surface area (Å²) in [5.41, 5.74) is 1.03. The first kappa shape index (κ1) is 27.6. The number of hydrogen-bond acceptors (Lipinski definition) is 9. The third kappa shape index (κ3) is 5.40. The molecule has 3 aromatic heterocycles. The third-order valence-corrected chi connectivity index (χ3v) is 6.48. The van der Waals surface area contributed by atoms with Crippen LogP contribution in [0.25, 0.3) is 27.7 Å². The Labute approximate surface area is 231 Å². The van der Waals surface area contributed by atoms with Crippen LogP contribution in [0.3, 0.4) is 0 Å². The Hall–Kier alpha value is -5.01. The maximum atomic E-state index is 13.5. The highest BCUT2D eigenvalue weighted by atomic mass is 19.4. The van der Waals surface area contributed by atoms with Crippen molar-refractivity contribution in [3.05, 3.63) is 75.7 Å². The van der Waals surface area contributed by atoms with E-state index in [9.17, 15) is 23.3 Å². The number of ether oxygens (including phenoxy) is 1. The Morgan fingerprint density at radius 1 is 1.07 bits per heavy atom. The molecule has 5 rings (SSSR count). The van der Waals surface area contributed by atoms with E-state index in [2.05, 4.69) is 25.4 Å². The highest BCUT2D eigenvalue weighted by Crippen LogP contribution is 2.36. The second kappa shape index (κ2) is 10.2. The zero-order valence-corrected chi connectivity index (χ0v) is 22.7. The van der Waals surface area contributed by atoms with Gasteiger partial charge in [-0.3, -0.25) is 10.1 Å². The summed E-state index contributed by atoms with van der Waals surface area (Å²) >= 11 is 0. The fourth-order valence-corrected chi connectivity index (χ4v) is 4.42. The number of hydrogen-bond donors (Lipinski definition) is 1. The topological polar surface area (TPSA) is 124 Å². The average molecular weight is 567 g/mol. The Morgan fingerprint density at radius 3 is 2.49 bits per heavy atom. The first-order chi connectivity index (χ1) is 19.3. The summed E-state index contributed by atoms with van der Waals surface area (Å²) in [6, 6.07) is 9.16. The number of fused-ring (bicyclic) bond motifs is 2. The third-order valence-electron chi connectivity index (χ3n) is 6.48. The van der Waals surface area contributed by atoms with Crippen LogP contribution in [0.2, 0.25) is 0 Å². The van der Waals surface area contributed by atoms with Gasteiger partial charge in [0.2, 0.25) is 5.95 Å². The van der Waals surface area contributed by atoms with E-state index >= 15 is 0 Å². The number of nitro benzene ring substituents is 1. The molecule has 0 aliphatic carbocycles. The fourth-order valence-electron chi connectivity index (χ4n) is 4.42. The largest absolute Gasteiger partial charge is 0.493 e. The standard InChI is InChI=1S/C27H25F3N8O3/c1-14(17-8-19(27(28,29)30)12-20(9-17)38(39)40)31-24-21-10-16(6-7-22(21)32-15(2)33-24)18-11-23(41-5)25-34-26(36(3)4)35-37(25)13-18/h6-14H,1-5H3,(H,31,32,33)/t14-/m1/s1. The summed E-state index contributed by atoms with van der Waals surface area (Å²) in [5.74, 6) is 1.84. The van der Waals surface area contributed by atoms with Crippen LogP contribution in [0.15, 0.2) is 48.7 Å². The van der Waals surface area contributed by atoms with Crippen LogP contribution < -0.4 is 15.0 Å². The van der Waals surface area contributed by atoms with Gasteiger partial charge in [-0.15, -0.1) is 5.10 Å². The molecule has 2 aromatic carbocycles. The average Bonchev–Trinajstić information content (AvgIpc) is 3.36. The molecule has 0 fully saturated rings. The number of methoxy groups -OCH3 is 1. The van der Waals surface area contributed by atoms with Crippen molar-refractivity contribution in [1.29, 1.82) is 0 Å². The van der Waals surface area contributed by atoms with Crippen molar-refractivity contribution in [3.8, 4) is 16.9 Å². The molecule has 0 saturated carbocycles. The number of anilines is 2. The normalized spacial score (nSPS) is 12.5. The number of nitro groups is 1. The second-order valence-corrected chi connectivity index (χ2v) is 9.66. The quantitative estimate of drug-likeness (QED) is 0.192. The first-order valence-corrected chi connectivity index (χ1v) is 12.4. The van der Waals surface area contributed by atoms with Gasteiger partial charge in [-0.2, -0.15) is 18.2 Å². The molecule has 0 radical (unpaired) electrons. The van der Waals surface area contributed by atoms with Gasteiger partial charge in [0.1, 0.15) is 11.6 Å². The van der Waals surface area contributed by atoms with Crippen molar-refractivity contribution in [3.63, 3.8) is 0 Å². The van der Waals surface area contributed by atoms with Crippen LogP contribution in [-0.2, 0) is 6.18 Å². The molecule has 41 heavy (non-hydrogen) atoms. The SMILES string of the molecule is COc1cc(-c2ccc3nc(C)nc(N[C@H](C)c4cc([N+](=O)[O-])cc(C(F)(F)F)c4)c3c2)cn2nc(N(C)C)nc12. The maximum absolute atomic E-state index is 13.5. The molecule has 1 atom stereocenters. The van der Waals surface area contributed by atoms with Gasteiger partial charge in [0.25, 0.3) is 5.69 Å². The van der Waals surface area contributed by atoms with Gasteiger partial charge in [0.15, 0.2) is 11.4 Å².